The van der Waals surface area contributed by atoms with E-state index in [1.54, 1.807) is 0 Å². The molecule has 0 unspecified atom stereocenters. The van der Waals surface area contributed by atoms with Gasteiger partial charge in [-0.05, 0) is 0 Å². The Balaban J connectivity index is 0. The Labute approximate surface area is 203 Å². The maximum atomic E-state index is 0. The summed E-state index contributed by atoms with van der Waals surface area (Å²) < 4.78 is 0. The quantitative estimate of drug-likeness (QED) is 0.363. The molecule has 0 aromatic heterocycles. The van der Waals surface area contributed by atoms with Gasteiger partial charge in [0, 0.05) is 0 Å². The van der Waals surface area contributed by atoms with Crippen LogP contribution < -0.4 is 212 Å². The summed E-state index contributed by atoms with van der Waals surface area (Å²) in [6.45, 7) is 0. The monoisotopic (exact) mass is 173 g/mol. The van der Waals surface area contributed by atoms with Crippen LogP contribution >= 0.6 is 0 Å². The van der Waals surface area contributed by atoms with E-state index in [-0.39, 0.29) is 212 Å². The summed E-state index contributed by atoms with van der Waals surface area (Å²) in [6, 6.07) is 0. The predicted octanol–water partition coefficient (Wildman–Crippen LogP) is -11.8. The fourth-order valence-electron chi connectivity index (χ4n) is 0. The number of hydrogen-bond acceptors (Lipinski definition) is 1. The van der Waals surface area contributed by atoms with Crippen LogP contribution in [0.2, 0.25) is 0 Å². The van der Waals surface area contributed by atoms with Crippen LogP contribution in [0.4, 0.5) is 0 Å². The van der Waals surface area contributed by atoms with Crippen LogP contribution in [0.25, 0.3) is 0 Å². The molecule has 0 saturated heterocycles. The van der Waals surface area contributed by atoms with Gasteiger partial charge in [0.1, 0.15) is 0 Å². The first-order valence-electron chi connectivity index (χ1n) is 0. The van der Waals surface area contributed by atoms with Gasteiger partial charge in [0.25, 0.3) is 0 Å². The Hall–Kier alpha value is 6.51. The second kappa shape index (κ2) is 22.4. The van der Waals surface area contributed by atoms with Crippen molar-refractivity contribution >= 4 is 0 Å². The molecule has 0 amide bonds. The van der Waals surface area contributed by atoms with Gasteiger partial charge in [0.15, 0.2) is 0 Å². The standard InChI is InChI=1S/4K.H3N/h;;;;1H3/q4*+1;. The first-order chi connectivity index (χ1) is 0. The van der Waals surface area contributed by atoms with Gasteiger partial charge in [-0.1, -0.05) is 0 Å². The molecule has 8 valence electrons. The summed E-state index contributed by atoms with van der Waals surface area (Å²) in [5.74, 6) is 0. The fraction of sp³-hybridized carbons (Fsp3) is 0. The Morgan fingerprint density at radius 3 is 0.400 bits per heavy atom. The van der Waals surface area contributed by atoms with Gasteiger partial charge < -0.3 is 6.15 Å². The van der Waals surface area contributed by atoms with Gasteiger partial charge in [0.2, 0.25) is 0 Å². The molecule has 3 N–H and O–H groups in total. The molecule has 0 heterocycles. The molecule has 0 aliphatic rings. The molecule has 0 aliphatic carbocycles. The molecule has 0 rings (SSSR count). The number of hydrogen-bond donors (Lipinski definition) is 1. The van der Waals surface area contributed by atoms with E-state index in [1.165, 1.54) is 0 Å². The van der Waals surface area contributed by atoms with Crippen molar-refractivity contribution in [1.29, 1.82) is 0 Å². The smallest absolute Gasteiger partial charge is 0.344 e. The summed E-state index contributed by atoms with van der Waals surface area (Å²) >= 11 is 0. The largest absolute Gasteiger partial charge is 1.00 e. The summed E-state index contributed by atoms with van der Waals surface area (Å²) in [5, 5.41) is 0. The average molecular weight is 173 g/mol. The van der Waals surface area contributed by atoms with Crippen LogP contribution in [-0.2, 0) is 0 Å². The van der Waals surface area contributed by atoms with Crippen molar-refractivity contribution in [2.45, 2.75) is 0 Å². The molecule has 0 atom stereocenters. The van der Waals surface area contributed by atoms with Crippen LogP contribution in [0.1, 0.15) is 0 Å². The van der Waals surface area contributed by atoms with E-state index >= 15 is 0 Å². The van der Waals surface area contributed by atoms with Gasteiger partial charge >= 0.3 is 206 Å². The van der Waals surface area contributed by atoms with Crippen molar-refractivity contribution in [1.82, 2.24) is 6.15 Å². The minimum absolute atomic E-state index is 0. The van der Waals surface area contributed by atoms with Crippen LogP contribution in [-0.4, -0.2) is 0 Å². The first kappa shape index (κ1) is 30.0. The third-order valence-electron chi connectivity index (χ3n) is 0. The van der Waals surface area contributed by atoms with E-state index in [0.29, 0.717) is 0 Å². The van der Waals surface area contributed by atoms with Crippen molar-refractivity contribution in [3.63, 3.8) is 0 Å². The molecular formula is H3K4N+4. The first-order valence-corrected chi connectivity index (χ1v) is 0. The van der Waals surface area contributed by atoms with Crippen LogP contribution in [0.3, 0.4) is 0 Å². The maximum absolute atomic E-state index is 0. The minimum Gasteiger partial charge on any atom is -0.344 e. The fourth-order valence-corrected chi connectivity index (χ4v) is 0. The maximum Gasteiger partial charge on any atom is 1.00 e. The van der Waals surface area contributed by atoms with Gasteiger partial charge in [0.05, 0.1) is 0 Å². The molecule has 1 nitrogen and oxygen atoms in total. The third-order valence-corrected chi connectivity index (χ3v) is 0. The molecule has 0 fully saturated rings. The van der Waals surface area contributed by atoms with Crippen LogP contribution in [0, 0.1) is 0 Å². The van der Waals surface area contributed by atoms with Gasteiger partial charge in [-0.2, -0.15) is 0 Å². The molecule has 0 aromatic carbocycles. The zero-order valence-electron chi connectivity index (χ0n) is 4.71. The Morgan fingerprint density at radius 2 is 0.400 bits per heavy atom. The van der Waals surface area contributed by atoms with E-state index in [4.69, 9.17) is 0 Å². The van der Waals surface area contributed by atoms with Gasteiger partial charge in [-0.15, -0.1) is 0 Å². The van der Waals surface area contributed by atoms with Crippen molar-refractivity contribution in [3.8, 4) is 0 Å². The predicted molar refractivity (Wildman–Crippen MR) is 5.02 cm³/mol. The summed E-state index contributed by atoms with van der Waals surface area (Å²) in [4.78, 5) is 0. The molecular weight excluding hydrogens is 170 g/mol. The second-order valence-electron chi connectivity index (χ2n) is 0. The molecule has 5 heteroatoms. The van der Waals surface area contributed by atoms with Crippen molar-refractivity contribution in [2.24, 2.45) is 0 Å². The molecule has 0 bridgehead atoms. The van der Waals surface area contributed by atoms with Crippen molar-refractivity contribution < 1.29 is 206 Å². The Kier molecular flexibility index (Phi) is 135. The van der Waals surface area contributed by atoms with Crippen molar-refractivity contribution in [3.05, 3.63) is 0 Å². The molecule has 0 saturated carbocycles. The Bertz CT molecular complexity index is 3.61. The van der Waals surface area contributed by atoms with E-state index < -0.39 is 0 Å². The molecule has 5 heavy (non-hydrogen) atoms. The van der Waals surface area contributed by atoms with Gasteiger partial charge in [-0.25, -0.2) is 0 Å². The van der Waals surface area contributed by atoms with E-state index in [1.807, 2.05) is 0 Å². The Morgan fingerprint density at radius 1 is 0.400 bits per heavy atom. The average Bonchev–Trinajstić information content (AvgIpc) is 0. The SMILES string of the molecule is N.[K+].[K+].[K+].[K+]. The molecule has 0 radical (unpaired) electrons. The van der Waals surface area contributed by atoms with E-state index in [2.05, 4.69) is 0 Å². The molecule has 0 aliphatic heterocycles. The topological polar surface area (TPSA) is 35.0 Å². The molecule has 0 spiro atoms. The van der Waals surface area contributed by atoms with Crippen molar-refractivity contribution in [2.75, 3.05) is 0 Å². The summed E-state index contributed by atoms with van der Waals surface area (Å²) in [5.41, 5.74) is 0. The minimum atomic E-state index is 0. The van der Waals surface area contributed by atoms with Crippen LogP contribution in [0.15, 0.2) is 0 Å². The summed E-state index contributed by atoms with van der Waals surface area (Å²) in [7, 11) is 0. The van der Waals surface area contributed by atoms with E-state index in [0.717, 1.165) is 0 Å². The van der Waals surface area contributed by atoms with Crippen LogP contribution in [0.5, 0.6) is 0 Å². The normalized spacial score (nSPS) is 0. The van der Waals surface area contributed by atoms with Gasteiger partial charge in [-0.3, -0.25) is 0 Å². The number of rotatable bonds is 0. The van der Waals surface area contributed by atoms with E-state index in [9.17, 15) is 0 Å². The zero-order valence-corrected chi connectivity index (χ0v) is 17.2. The second-order valence-corrected chi connectivity index (χ2v) is 0. The third kappa shape index (κ3) is 18.0. The summed E-state index contributed by atoms with van der Waals surface area (Å²) in [6.07, 6.45) is 0. The zero-order chi connectivity index (χ0) is 0. The molecule has 0 aromatic rings.